The molecule has 2 heterocycles. The maximum atomic E-state index is 12.8. The Kier molecular flexibility index (Phi) is 3.69. The molecule has 3 aromatic rings. The van der Waals surface area contributed by atoms with Crippen molar-refractivity contribution in [3.8, 4) is 11.4 Å². The number of nitrogens with one attached hydrogen (secondary N) is 1. The zero-order valence-corrected chi connectivity index (χ0v) is 15.1. The Labute approximate surface area is 143 Å². The van der Waals surface area contributed by atoms with E-state index < -0.39 is 0 Å². The van der Waals surface area contributed by atoms with E-state index >= 15 is 0 Å². The minimum absolute atomic E-state index is 0.0332. The summed E-state index contributed by atoms with van der Waals surface area (Å²) in [6.45, 7) is 8.19. The van der Waals surface area contributed by atoms with E-state index in [4.69, 9.17) is 12.2 Å². The lowest BCUT2D eigenvalue weighted by Crippen LogP contribution is -2.21. The summed E-state index contributed by atoms with van der Waals surface area (Å²) in [7, 11) is 0. The molecular formula is C17H18N2O2S2. The fourth-order valence-electron chi connectivity index (χ4n) is 2.52. The van der Waals surface area contributed by atoms with E-state index in [1.165, 1.54) is 15.9 Å². The van der Waals surface area contributed by atoms with Crippen LogP contribution in [0.3, 0.4) is 0 Å². The number of aryl methyl sites for hydroxylation is 1. The van der Waals surface area contributed by atoms with Crippen LogP contribution in [-0.4, -0.2) is 14.7 Å². The molecule has 0 aliphatic carbocycles. The van der Waals surface area contributed by atoms with Crippen LogP contribution < -0.4 is 5.56 Å². The maximum absolute atomic E-state index is 12.8. The highest BCUT2D eigenvalue weighted by molar-refractivity contribution is 7.71. The number of nitrogens with zero attached hydrogens (tertiary/aromatic N) is 1. The first-order valence-electron chi connectivity index (χ1n) is 7.28. The van der Waals surface area contributed by atoms with Gasteiger partial charge in [-0.3, -0.25) is 4.79 Å². The summed E-state index contributed by atoms with van der Waals surface area (Å²) in [5, 5.41) is 10.8. The molecular weight excluding hydrogens is 328 g/mol. The SMILES string of the molecule is Cc1cc2c(=O)n(-c3cc(C(C)(C)C)ccc3O)c(=S)[nH]c2s1. The first-order chi connectivity index (χ1) is 10.7. The Morgan fingerprint density at radius 3 is 2.61 bits per heavy atom. The van der Waals surface area contributed by atoms with Crippen molar-refractivity contribution in [2.24, 2.45) is 0 Å². The first-order valence-corrected chi connectivity index (χ1v) is 8.50. The minimum atomic E-state index is -0.213. The number of aromatic nitrogens is 2. The summed E-state index contributed by atoms with van der Waals surface area (Å²) < 4.78 is 1.65. The van der Waals surface area contributed by atoms with Gasteiger partial charge in [-0.2, -0.15) is 0 Å². The van der Waals surface area contributed by atoms with Gasteiger partial charge in [0, 0.05) is 4.88 Å². The molecule has 0 aliphatic heterocycles. The summed E-state index contributed by atoms with van der Waals surface area (Å²) in [5.41, 5.74) is 1.12. The number of phenols is 1. The number of phenolic OH excluding ortho intramolecular Hbond substituents is 1. The van der Waals surface area contributed by atoms with Crippen LogP contribution in [0.5, 0.6) is 5.75 Å². The van der Waals surface area contributed by atoms with Gasteiger partial charge in [0.05, 0.1) is 11.1 Å². The summed E-state index contributed by atoms with van der Waals surface area (Å²) in [6, 6.07) is 7.14. The second-order valence-electron chi connectivity index (χ2n) is 6.62. The third-order valence-corrected chi connectivity index (χ3v) is 5.05. The van der Waals surface area contributed by atoms with Crippen LogP contribution >= 0.6 is 23.6 Å². The molecule has 0 radical (unpaired) electrons. The first kappa shape index (κ1) is 16.0. The smallest absolute Gasteiger partial charge is 0.267 e. The van der Waals surface area contributed by atoms with Crippen LogP contribution in [0.1, 0.15) is 31.2 Å². The quantitative estimate of drug-likeness (QED) is 0.641. The third-order valence-electron chi connectivity index (χ3n) is 3.79. The van der Waals surface area contributed by atoms with Gasteiger partial charge >= 0.3 is 0 Å². The predicted octanol–water partition coefficient (Wildman–Crippen LogP) is 4.42. The van der Waals surface area contributed by atoms with Crippen molar-refractivity contribution in [2.45, 2.75) is 33.1 Å². The van der Waals surface area contributed by atoms with Crippen molar-refractivity contribution in [1.82, 2.24) is 9.55 Å². The summed E-state index contributed by atoms with van der Waals surface area (Å²) in [6.07, 6.45) is 0. The van der Waals surface area contributed by atoms with E-state index in [0.29, 0.717) is 11.1 Å². The Hall–Kier alpha value is -1.92. The van der Waals surface area contributed by atoms with Crippen LogP contribution in [0.4, 0.5) is 0 Å². The highest BCUT2D eigenvalue weighted by Crippen LogP contribution is 2.30. The van der Waals surface area contributed by atoms with Crippen LogP contribution in [0.15, 0.2) is 29.1 Å². The van der Waals surface area contributed by atoms with Crippen molar-refractivity contribution in [3.05, 3.63) is 49.8 Å². The number of fused-ring (bicyclic) bond motifs is 1. The maximum Gasteiger partial charge on any atom is 0.267 e. The Balaban J connectivity index is 2.37. The molecule has 0 bridgehead atoms. The highest BCUT2D eigenvalue weighted by Gasteiger charge is 2.18. The van der Waals surface area contributed by atoms with Gasteiger partial charge in [-0.1, -0.05) is 26.8 Å². The largest absolute Gasteiger partial charge is 0.506 e. The molecule has 0 saturated carbocycles. The van der Waals surface area contributed by atoms with Gasteiger partial charge < -0.3 is 10.1 Å². The van der Waals surface area contributed by atoms with Gasteiger partial charge in [0.15, 0.2) is 4.77 Å². The van der Waals surface area contributed by atoms with Gasteiger partial charge in [-0.05, 0) is 48.3 Å². The number of thiophene rings is 1. The van der Waals surface area contributed by atoms with E-state index in [0.717, 1.165) is 15.3 Å². The molecule has 120 valence electrons. The normalized spacial score (nSPS) is 12.0. The number of aromatic hydroxyl groups is 1. The van der Waals surface area contributed by atoms with Gasteiger partial charge in [0.2, 0.25) is 0 Å². The molecule has 0 spiro atoms. The summed E-state index contributed by atoms with van der Waals surface area (Å²) in [4.78, 5) is 17.7. The van der Waals surface area contributed by atoms with Gasteiger partial charge in [0.1, 0.15) is 10.6 Å². The predicted molar refractivity (Wildman–Crippen MR) is 97.7 cm³/mol. The molecule has 23 heavy (non-hydrogen) atoms. The number of benzene rings is 1. The Morgan fingerprint density at radius 2 is 1.96 bits per heavy atom. The highest BCUT2D eigenvalue weighted by atomic mass is 32.1. The van der Waals surface area contributed by atoms with E-state index in [1.807, 2.05) is 25.1 Å². The van der Waals surface area contributed by atoms with Gasteiger partial charge in [0.25, 0.3) is 5.56 Å². The molecule has 1 aromatic carbocycles. The van der Waals surface area contributed by atoms with E-state index in [-0.39, 0.29) is 21.5 Å². The van der Waals surface area contributed by atoms with Crippen molar-refractivity contribution < 1.29 is 5.11 Å². The Morgan fingerprint density at radius 1 is 1.26 bits per heavy atom. The van der Waals surface area contributed by atoms with E-state index in [1.54, 1.807) is 6.07 Å². The molecule has 4 nitrogen and oxygen atoms in total. The topological polar surface area (TPSA) is 58.0 Å². The number of rotatable bonds is 1. The van der Waals surface area contributed by atoms with Gasteiger partial charge in [-0.15, -0.1) is 11.3 Å². The molecule has 3 rings (SSSR count). The lowest BCUT2D eigenvalue weighted by Gasteiger charge is -2.20. The summed E-state index contributed by atoms with van der Waals surface area (Å²) >= 11 is 6.86. The molecule has 0 atom stereocenters. The number of hydrogen-bond donors (Lipinski definition) is 2. The van der Waals surface area contributed by atoms with E-state index in [9.17, 15) is 9.90 Å². The molecule has 6 heteroatoms. The fourth-order valence-corrected chi connectivity index (χ4v) is 3.77. The standard InChI is InChI=1S/C17H18N2O2S2/c1-9-7-11-14(23-9)18-16(22)19(15(11)21)12-8-10(17(2,3)4)5-6-13(12)20/h5-8,20H,1-4H3,(H,18,22). The molecule has 0 aliphatic rings. The molecule has 0 fully saturated rings. The Bertz CT molecular complexity index is 1020. The molecule has 2 N–H and O–H groups in total. The van der Waals surface area contributed by atoms with Crippen molar-refractivity contribution in [1.29, 1.82) is 0 Å². The molecule has 0 unspecified atom stereocenters. The monoisotopic (exact) mass is 346 g/mol. The van der Waals surface area contributed by atoms with Crippen molar-refractivity contribution >= 4 is 33.8 Å². The lowest BCUT2D eigenvalue weighted by molar-refractivity contribution is 0.470. The average Bonchev–Trinajstić information content (AvgIpc) is 2.80. The van der Waals surface area contributed by atoms with Crippen molar-refractivity contribution in [3.63, 3.8) is 0 Å². The molecule has 0 amide bonds. The zero-order chi connectivity index (χ0) is 16.9. The van der Waals surface area contributed by atoms with Gasteiger partial charge in [-0.25, -0.2) is 4.57 Å². The van der Waals surface area contributed by atoms with Crippen LogP contribution in [0, 0.1) is 11.7 Å². The molecule has 2 aromatic heterocycles. The average molecular weight is 346 g/mol. The van der Waals surface area contributed by atoms with Crippen molar-refractivity contribution in [2.75, 3.05) is 0 Å². The molecule has 0 saturated heterocycles. The van der Waals surface area contributed by atoms with Crippen LogP contribution in [0.25, 0.3) is 15.9 Å². The lowest BCUT2D eigenvalue weighted by atomic mass is 9.87. The third kappa shape index (κ3) is 2.72. The number of hydrogen-bond acceptors (Lipinski definition) is 4. The second kappa shape index (κ2) is 5.32. The van der Waals surface area contributed by atoms with Crippen LogP contribution in [0.2, 0.25) is 0 Å². The second-order valence-corrected chi connectivity index (χ2v) is 8.27. The summed E-state index contributed by atoms with van der Waals surface area (Å²) in [5.74, 6) is 0.0332. The number of H-pyrrole nitrogens is 1. The van der Waals surface area contributed by atoms with Crippen LogP contribution in [-0.2, 0) is 5.41 Å². The van der Waals surface area contributed by atoms with E-state index in [2.05, 4.69) is 25.8 Å². The zero-order valence-electron chi connectivity index (χ0n) is 13.4. The minimum Gasteiger partial charge on any atom is -0.506 e. The fraction of sp³-hybridized carbons (Fsp3) is 0.294. The number of aromatic amines is 1.